The first-order valence-corrected chi connectivity index (χ1v) is 5.93. The number of hydrogen-bond acceptors (Lipinski definition) is 2. The van der Waals surface area contributed by atoms with Crippen molar-refractivity contribution in [2.75, 3.05) is 0 Å². The van der Waals surface area contributed by atoms with Crippen LogP contribution in [0.1, 0.15) is 4.88 Å². The SMILES string of the molecule is Brc1ccsc1COc1ccccc1. The quantitative estimate of drug-likeness (QED) is 0.815. The van der Waals surface area contributed by atoms with Crippen molar-refractivity contribution in [2.45, 2.75) is 6.61 Å². The first kappa shape index (κ1) is 9.74. The summed E-state index contributed by atoms with van der Waals surface area (Å²) in [5, 5.41) is 2.05. The van der Waals surface area contributed by atoms with Crippen molar-refractivity contribution in [2.24, 2.45) is 0 Å². The minimum atomic E-state index is 0.627. The van der Waals surface area contributed by atoms with E-state index in [-0.39, 0.29) is 0 Å². The molecule has 0 aliphatic rings. The normalized spacial score (nSPS) is 10.1. The lowest BCUT2D eigenvalue weighted by atomic mass is 10.3. The molecule has 0 saturated carbocycles. The van der Waals surface area contributed by atoms with Crippen molar-refractivity contribution in [3.8, 4) is 5.75 Å². The molecule has 0 spiro atoms. The number of para-hydroxylation sites is 1. The Morgan fingerprint density at radius 1 is 1.14 bits per heavy atom. The Morgan fingerprint density at radius 2 is 1.93 bits per heavy atom. The summed E-state index contributed by atoms with van der Waals surface area (Å²) in [7, 11) is 0. The summed E-state index contributed by atoms with van der Waals surface area (Å²) in [5.74, 6) is 0.910. The van der Waals surface area contributed by atoms with Gasteiger partial charge in [0.25, 0.3) is 0 Å². The zero-order chi connectivity index (χ0) is 9.80. The van der Waals surface area contributed by atoms with E-state index < -0.39 is 0 Å². The second-order valence-corrected chi connectivity index (χ2v) is 4.65. The van der Waals surface area contributed by atoms with E-state index in [9.17, 15) is 0 Å². The van der Waals surface area contributed by atoms with Gasteiger partial charge in [-0.1, -0.05) is 18.2 Å². The molecule has 0 fully saturated rings. The second-order valence-electron chi connectivity index (χ2n) is 2.79. The summed E-state index contributed by atoms with van der Waals surface area (Å²) >= 11 is 5.17. The van der Waals surface area contributed by atoms with E-state index in [2.05, 4.69) is 15.9 Å². The predicted molar refractivity (Wildman–Crippen MR) is 62.8 cm³/mol. The van der Waals surface area contributed by atoms with Crippen molar-refractivity contribution < 1.29 is 4.74 Å². The van der Waals surface area contributed by atoms with Gasteiger partial charge in [-0.25, -0.2) is 0 Å². The van der Waals surface area contributed by atoms with Gasteiger partial charge in [-0.15, -0.1) is 11.3 Å². The third-order valence-corrected chi connectivity index (χ3v) is 3.70. The molecule has 0 bridgehead atoms. The molecule has 1 aromatic heterocycles. The number of hydrogen-bond donors (Lipinski definition) is 0. The molecule has 0 aliphatic carbocycles. The third-order valence-electron chi connectivity index (χ3n) is 1.80. The number of benzene rings is 1. The van der Waals surface area contributed by atoms with Crippen LogP contribution in [0, 0.1) is 0 Å². The van der Waals surface area contributed by atoms with E-state index in [1.54, 1.807) is 11.3 Å². The van der Waals surface area contributed by atoms with E-state index >= 15 is 0 Å². The van der Waals surface area contributed by atoms with Crippen LogP contribution in [0.3, 0.4) is 0 Å². The number of halogens is 1. The molecule has 2 aromatic rings. The molecule has 1 nitrogen and oxygen atoms in total. The molecule has 0 N–H and O–H groups in total. The van der Waals surface area contributed by atoms with Gasteiger partial charge in [0.05, 0.1) is 4.88 Å². The van der Waals surface area contributed by atoms with Gasteiger partial charge in [0.1, 0.15) is 12.4 Å². The van der Waals surface area contributed by atoms with Gasteiger partial charge in [-0.05, 0) is 39.5 Å². The van der Waals surface area contributed by atoms with Crippen molar-refractivity contribution in [1.29, 1.82) is 0 Å². The Kier molecular flexibility index (Phi) is 3.22. The summed E-state index contributed by atoms with van der Waals surface area (Å²) in [6.07, 6.45) is 0. The van der Waals surface area contributed by atoms with Crippen LogP contribution < -0.4 is 4.74 Å². The topological polar surface area (TPSA) is 9.23 Å². The van der Waals surface area contributed by atoms with Crippen molar-refractivity contribution in [1.82, 2.24) is 0 Å². The summed E-state index contributed by atoms with van der Waals surface area (Å²) < 4.78 is 6.74. The Morgan fingerprint density at radius 3 is 2.57 bits per heavy atom. The molecule has 2 rings (SSSR count). The van der Waals surface area contributed by atoms with Crippen molar-refractivity contribution in [3.05, 3.63) is 51.1 Å². The Bertz CT molecular complexity index is 397. The van der Waals surface area contributed by atoms with Gasteiger partial charge in [-0.3, -0.25) is 0 Å². The summed E-state index contributed by atoms with van der Waals surface area (Å²) in [4.78, 5) is 1.22. The second kappa shape index (κ2) is 4.62. The van der Waals surface area contributed by atoms with Crippen LogP contribution >= 0.6 is 27.3 Å². The molecule has 3 heteroatoms. The van der Waals surface area contributed by atoms with Crippen LogP contribution in [0.15, 0.2) is 46.3 Å². The fourth-order valence-electron chi connectivity index (χ4n) is 1.09. The van der Waals surface area contributed by atoms with Crippen LogP contribution in [-0.2, 0) is 6.61 Å². The predicted octanol–water partition coefficient (Wildman–Crippen LogP) is 4.09. The lowest BCUT2D eigenvalue weighted by molar-refractivity contribution is 0.309. The molecule has 1 heterocycles. The molecule has 0 radical (unpaired) electrons. The highest BCUT2D eigenvalue weighted by molar-refractivity contribution is 9.10. The molecule has 1 aromatic carbocycles. The minimum absolute atomic E-state index is 0.627. The van der Waals surface area contributed by atoms with Crippen molar-refractivity contribution >= 4 is 27.3 Å². The molecule has 14 heavy (non-hydrogen) atoms. The van der Waals surface area contributed by atoms with Crippen LogP contribution in [0.5, 0.6) is 5.75 Å². The average molecular weight is 269 g/mol. The maximum Gasteiger partial charge on any atom is 0.124 e. The van der Waals surface area contributed by atoms with E-state index in [1.165, 1.54) is 4.88 Å². The minimum Gasteiger partial charge on any atom is -0.488 e. The largest absolute Gasteiger partial charge is 0.488 e. The number of thiophene rings is 1. The average Bonchev–Trinajstić information content (AvgIpc) is 2.63. The molecule has 0 amide bonds. The summed E-state index contributed by atoms with van der Waals surface area (Å²) in [5.41, 5.74) is 0. The molecular formula is C11H9BrOS. The zero-order valence-electron chi connectivity index (χ0n) is 7.44. The van der Waals surface area contributed by atoms with Gasteiger partial charge in [0.15, 0.2) is 0 Å². The Labute approximate surface area is 95.5 Å². The molecular weight excluding hydrogens is 260 g/mol. The van der Waals surface area contributed by atoms with E-state index in [4.69, 9.17) is 4.74 Å². The first-order chi connectivity index (χ1) is 6.86. The fourth-order valence-corrected chi connectivity index (χ4v) is 2.47. The molecule has 0 saturated heterocycles. The highest BCUT2D eigenvalue weighted by Crippen LogP contribution is 2.24. The molecule has 0 atom stereocenters. The van der Waals surface area contributed by atoms with Gasteiger partial charge in [0.2, 0.25) is 0 Å². The van der Waals surface area contributed by atoms with Gasteiger partial charge in [-0.2, -0.15) is 0 Å². The van der Waals surface area contributed by atoms with Crippen molar-refractivity contribution in [3.63, 3.8) is 0 Å². The highest BCUT2D eigenvalue weighted by Gasteiger charge is 2.01. The molecule has 0 aliphatic heterocycles. The highest BCUT2D eigenvalue weighted by atomic mass is 79.9. The number of ether oxygens (including phenoxy) is 1. The van der Waals surface area contributed by atoms with Gasteiger partial charge >= 0.3 is 0 Å². The maximum absolute atomic E-state index is 5.61. The standard InChI is InChI=1S/C11H9BrOS/c12-10-6-7-14-11(10)8-13-9-4-2-1-3-5-9/h1-7H,8H2. The summed E-state index contributed by atoms with van der Waals surface area (Å²) in [6.45, 7) is 0.627. The van der Waals surface area contributed by atoms with E-state index in [0.29, 0.717) is 6.61 Å². The van der Waals surface area contributed by atoms with Crippen LogP contribution in [-0.4, -0.2) is 0 Å². The van der Waals surface area contributed by atoms with E-state index in [0.717, 1.165) is 10.2 Å². The first-order valence-electron chi connectivity index (χ1n) is 4.26. The van der Waals surface area contributed by atoms with Gasteiger partial charge < -0.3 is 4.74 Å². The van der Waals surface area contributed by atoms with Gasteiger partial charge in [0, 0.05) is 4.47 Å². The Balaban J connectivity index is 1.99. The fraction of sp³-hybridized carbons (Fsp3) is 0.0909. The van der Waals surface area contributed by atoms with E-state index in [1.807, 2.05) is 41.8 Å². The lowest BCUT2D eigenvalue weighted by Crippen LogP contribution is -1.92. The number of rotatable bonds is 3. The van der Waals surface area contributed by atoms with Crippen LogP contribution in [0.2, 0.25) is 0 Å². The van der Waals surface area contributed by atoms with Crippen LogP contribution in [0.4, 0.5) is 0 Å². The lowest BCUT2D eigenvalue weighted by Gasteiger charge is -2.03. The smallest absolute Gasteiger partial charge is 0.124 e. The monoisotopic (exact) mass is 268 g/mol. The summed E-state index contributed by atoms with van der Waals surface area (Å²) in [6, 6.07) is 11.9. The molecule has 0 unspecified atom stereocenters. The molecule has 72 valence electrons. The zero-order valence-corrected chi connectivity index (χ0v) is 9.85. The van der Waals surface area contributed by atoms with Crippen LogP contribution in [0.25, 0.3) is 0 Å². The third kappa shape index (κ3) is 2.36. The maximum atomic E-state index is 5.61. The Hall–Kier alpha value is -0.800.